The molecular formula is C21H14N2S. The van der Waals surface area contributed by atoms with Crippen LogP contribution in [-0.2, 0) is 0 Å². The number of hydrogen-bond donors (Lipinski definition) is 1. The molecule has 0 atom stereocenters. The summed E-state index contributed by atoms with van der Waals surface area (Å²) in [7, 11) is 0. The SMILES string of the molecule is c1ccc(-c2cc(-c3ccc4c(c3)sc3ccccc34)n[nH]2)cc1. The summed E-state index contributed by atoms with van der Waals surface area (Å²) in [5.41, 5.74) is 4.32. The lowest BCUT2D eigenvalue weighted by Crippen LogP contribution is -1.77. The molecule has 5 rings (SSSR count). The molecule has 1 N–H and O–H groups in total. The molecule has 2 aromatic heterocycles. The molecule has 0 bridgehead atoms. The van der Waals surface area contributed by atoms with Gasteiger partial charge in [-0.25, -0.2) is 0 Å². The summed E-state index contributed by atoms with van der Waals surface area (Å²) in [4.78, 5) is 0. The number of rotatable bonds is 2. The molecule has 0 radical (unpaired) electrons. The number of fused-ring (bicyclic) bond motifs is 3. The Balaban J connectivity index is 1.62. The molecule has 24 heavy (non-hydrogen) atoms. The summed E-state index contributed by atoms with van der Waals surface area (Å²) in [5, 5.41) is 10.3. The van der Waals surface area contributed by atoms with Gasteiger partial charge in [-0.05, 0) is 23.8 Å². The van der Waals surface area contributed by atoms with Crippen LogP contribution in [0.3, 0.4) is 0 Å². The lowest BCUT2D eigenvalue weighted by Gasteiger charge is -1.97. The Morgan fingerprint density at radius 3 is 2.38 bits per heavy atom. The number of nitrogens with one attached hydrogen (secondary N) is 1. The number of thiophene rings is 1. The highest BCUT2D eigenvalue weighted by atomic mass is 32.1. The first kappa shape index (κ1) is 13.5. The van der Waals surface area contributed by atoms with Gasteiger partial charge in [-0.3, -0.25) is 5.10 Å². The minimum Gasteiger partial charge on any atom is -0.277 e. The number of H-pyrrole nitrogens is 1. The monoisotopic (exact) mass is 326 g/mol. The number of nitrogens with zero attached hydrogens (tertiary/aromatic N) is 1. The smallest absolute Gasteiger partial charge is 0.0927 e. The third kappa shape index (κ3) is 2.14. The quantitative estimate of drug-likeness (QED) is 0.416. The van der Waals surface area contributed by atoms with Crippen molar-refractivity contribution in [3.05, 3.63) is 78.9 Å². The second-order valence-corrected chi connectivity index (χ2v) is 6.93. The molecule has 3 heteroatoms. The summed E-state index contributed by atoms with van der Waals surface area (Å²) >= 11 is 1.84. The van der Waals surface area contributed by atoms with Crippen molar-refractivity contribution in [2.75, 3.05) is 0 Å². The number of hydrogen-bond acceptors (Lipinski definition) is 2. The average molecular weight is 326 g/mol. The van der Waals surface area contributed by atoms with Crippen molar-refractivity contribution in [1.82, 2.24) is 10.2 Å². The first-order chi connectivity index (χ1) is 11.9. The van der Waals surface area contributed by atoms with Crippen LogP contribution < -0.4 is 0 Å². The van der Waals surface area contributed by atoms with Crippen LogP contribution in [-0.4, -0.2) is 10.2 Å². The Labute approximate surface area is 143 Å². The second kappa shape index (κ2) is 5.32. The van der Waals surface area contributed by atoms with Crippen LogP contribution in [0.25, 0.3) is 42.7 Å². The molecule has 3 aromatic carbocycles. The van der Waals surface area contributed by atoms with Crippen molar-refractivity contribution in [2.24, 2.45) is 0 Å². The largest absolute Gasteiger partial charge is 0.277 e. The standard InChI is InChI=1S/C21H14N2S/c1-2-6-14(7-3-1)18-13-19(23-22-18)15-10-11-17-16-8-4-5-9-20(16)24-21(17)12-15/h1-13H,(H,22,23). The van der Waals surface area contributed by atoms with Crippen LogP contribution in [0.4, 0.5) is 0 Å². The van der Waals surface area contributed by atoms with E-state index in [2.05, 4.69) is 70.9 Å². The topological polar surface area (TPSA) is 28.7 Å². The summed E-state index contributed by atoms with van der Waals surface area (Å²) in [6.45, 7) is 0. The molecule has 0 aliphatic rings. The van der Waals surface area contributed by atoms with Gasteiger partial charge in [0.05, 0.1) is 11.4 Å². The van der Waals surface area contributed by atoms with Gasteiger partial charge >= 0.3 is 0 Å². The van der Waals surface area contributed by atoms with E-state index < -0.39 is 0 Å². The number of aromatic amines is 1. The van der Waals surface area contributed by atoms with Gasteiger partial charge in [0.25, 0.3) is 0 Å². The molecule has 114 valence electrons. The van der Waals surface area contributed by atoms with E-state index in [4.69, 9.17) is 0 Å². The molecule has 0 aliphatic carbocycles. The fourth-order valence-corrected chi connectivity index (χ4v) is 4.27. The van der Waals surface area contributed by atoms with Crippen LogP contribution in [0.1, 0.15) is 0 Å². The predicted octanol–water partition coefficient (Wildman–Crippen LogP) is 6.11. The lowest BCUT2D eigenvalue weighted by atomic mass is 10.1. The summed E-state index contributed by atoms with van der Waals surface area (Å²) < 4.78 is 2.63. The maximum atomic E-state index is 4.50. The third-order valence-electron chi connectivity index (χ3n) is 4.34. The van der Waals surface area contributed by atoms with Crippen molar-refractivity contribution in [1.29, 1.82) is 0 Å². The molecule has 0 fully saturated rings. The van der Waals surface area contributed by atoms with Gasteiger partial charge in [-0.1, -0.05) is 60.7 Å². The van der Waals surface area contributed by atoms with E-state index in [1.807, 2.05) is 29.5 Å². The van der Waals surface area contributed by atoms with E-state index in [-0.39, 0.29) is 0 Å². The normalized spacial score (nSPS) is 11.3. The van der Waals surface area contributed by atoms with E-state index >= 15 is 0 Å². The minimum atomic E-state index is 0.980. The van der Waals surface area contributed by atoms with Crippen molar-refractivity contribution in [2.45, 2.75) is 0 Å². The maximum absolute atomic E-state index is 4.50. The van der Waals surface area contributed by atoms with Gasteiger partial charge in [-0.2, -0.15) is 5.10 Å². The van der Waals surface area contributed by atoms with Gasteiger partial charge in [0.15, 0.2) is 0 Å². The molecule has 0 saturated carbocycles. The van der Waals surface area contributed by atoms with E-state index in [1.54, 1.807) is 0 Å². The van der Waals surface area contributed by atoms with Gasteiger partial charge in [0, 0.05) is 25.7 Å². The molecule has 0 amide bonds. The van der Waals surface area contributed by atoms with Crippen molar-refractivity contribution < 1.29 is 0 Å². The molecule has 5 aromatic rings. The van der Waals surface area contributed by atoms with Gasteiger partial charge in [0.2, 0.25) is 0 Å². The Kier molecular flexibility index (Phi) is 3.00. The highest BCUT2D eigenvalue weighted by Crippen LogP contribution is 2.36. The van der Waals surface area contributed by atoms with E-state index in [0.29, 0.717) is 0 Å². The Hall–Kier alpha value is -2.91. The Morgan fingerprint density at radius 2 is 1.46 bits per heavy atom. The maximum Gasteiger partial charge on any atom is 0.0927 e. The highest BCUT2D eigenvalue weighted by molar-refractivity contribution is 7.25. The van der Waals surface area contributed by atoms with Crippen LogP contribution in [0.2, 0.25) is 0 Å². The molecule has 2 heterocycles. The zero-order chi connectivity index (χ0) is 15.9. The van der Waals surface area contributed by atoms with Gasteiger partial charge < -0.3 is 0 Å². The van der Waals surface area contributed by atoms with Gasteiger partial charge in [-0.15, -0.1) is 11.3 Å². The Bertz CT molecular complexity index is 1150. The molecular weight excluding hydrogens is 312 g/mol. The van der Waals surface area contributed by atoms with E-state index in [0.717, 1.165) is 22.5 Å². The zero-order valence-electron chi connectivity index (χ0n) is 12.9. The van der Waals surface area contributed by atoms with Gasteiger partial charge in [0.1, 0.15) is 0 Å². The first-order valence-electron chi connectivity index (χ1n) is 7.91. The van der Waals surface area contributed by atoms with E-state index in [9.17, 15) is 0 Å². The van der Waals surface area contributed by atoms with Crippen molar-refractivity contribution in [3.63, 3.8) is 0 Å². The lowest BCUT2D eigenvalue weighted by molar-refractivity contribution is 1.10. The second-order valence-electron chi connectivity index (χ2n) is 5.84. The van der Waals surface area contributed by atoms with Crippen molar-refractivity contribution in [3.8, 4) is 22.5 Å². The first-order valence-corrected chi connectivity index (χ1v) is 8.73. The summed E-state index contributed by atoms with van der Waals surface area (Å²) in [6, 6.07) is 27.6. The third-order valence-corrected chi connectivity index (χ3v) is 5.47. The highest BCUT2D eigenvalue weighted by Gasteiger charge is 2.09. The zero-order valence-corrected chi connectivity index (χ0v) is 13.7. The molecule has 0 aliphatic heterocycles. The molecule has 0 saturated heterocycles. The fraction of sp³-hybridized carbons (Fsp3) is 0. The summed E-state index contributed by atoms with van der Waals surface area (Å²) in [5.74, 6) is 0. The average Bonchev–Trinajstić information content (AvgIpc) is 3.27. The molecule has 0 spiro atoms. The molecule has 0 unspecified atom stereocenters. The summed E-state index contributed by atoms with van der Waals surface area (Å²) in [6.07, 6.45) is 0. The van der Waals surface area contributed by atoms with E-state index in [1.165, 1.54) is 20.2 Å². The minimum absolute atomic E-state index is 0.980. The predicted molar refractivity (Wildman–Crippen MR) is 102 cm³/mol. The van der Waals surface area contributed by atoms with Crippen LogP contribution in [0, 0.1) is 0 Å². The van der Waals surface area contributed by atoms with Crippen LogP contribution in [0.15, 0.2) is 78.9 Å². The fourth-order valence-electron chi connectivity index (χ4n) is 3.12. The van der Waals surface area contributed by atoms with Crippen LogP contribution in [0.5, 0.6) is 0 Å². The van der Waals surface area contributed by atoms with Crippen molar-refractivity contribution >= 4 is 31.5 Å². The van der Waals surface area contributed by atoms with Crippen LogP contribution >= 0.6 is 11.3 Å². The number of aromatic nitrogens is 2. The molecule has 2 nitrogen and oxygen atoms in total. The number of benzene rings is 3. The Morgan fingerprint density at radius 1 is 0.667 bits per heavy atom.